The third-order valence-electron chi connectivity index (χ3n) is 5.34. The van der Waals surface area contributed by atoms with Gasteiger partial charge in [0.1, 0.15) is 0 Å². The highest BCUT2D eigenvalue weighted by molar-refractivity contribution is 6.62. The lowest BCUT2D eigenvalue weighted by molar-refractivity contribution is 0.00578. The van der Waals surface area contributed by atoms with Crippen LogP contribution >= 0.6 is 11.6 Å². The Hall–Kier alpha value is -0.645. The van der Waals surface area contributed by atoms with E-state index in [1.165, 1.54) is 0 Å². The summed E-state index contributed by atoms with van der Waals surface area (Å²) in [4.78, 5) is 0. The lowest BCUT2D eigenvalue weighted by Gasteiger charge is -2.32. The zero-order valence-electron chi connectivity index (χ0n) is 13.5. The Morgan fingerprint density at radius 3 is 1.95 bits per heavy atom. The van der Waals surface area contributed by atoms with Crippen LogP contribution in [-0.4, -0.2) is 24.2 Å². The van der Waals surface area contributed by atoms with Crippen LogP contribution in [0.4, 0.5) is 8.78 Å². The van der Waals surface area contributed by atoms with Crippen molar-refractivity contribution in [1.82, 2.24) is 0 Å². The van der Waals surface area contributed by atoms with Crippen molar-refractivity contribution in [1.29, 1.82) is 0 Å². The van der Waals surface area contributed by atoms with Crippen molar-refractivity contribution in [2.75, 3.05) is 0 Å². The smallest absolute Gasteiger partial charge is 0.399 e. The zero-order valence-corrected chi connectivity index (χ0v) is 14.2. The number of alkyl halides is 2. The first-order valence-electron chi connectivity index (χ1n) is 7.42. The van der Waals surface area contributed by atoms with Gasteiger partial charge >= 0.3 is 7.12 Å². The molecule has 0 radical (unpaired) electrons. The highest BCUT2D eigenvalue weighted by Gasteiger charge is 2.68. The van der Waals surface area contributed by atoms with E-state index in [1.807, 2.05) is 27.7 Å². The fraction of sp³-hybridized carbons (Fsp3) is 0.625. The summed E-state index contributed by atoms with van der Waals surface area (Å²) >= 11 is 6.14. The second-order valence-electron chi connectivity index (χ2n) is 7.57. The molecule has 2 aliphatic rings. The molecule has 1 unspecified atom stereocenters. The summed E-state index contributed by atoms with van der Waals surface area (Å²) in [6.07, 6.45) is -0.150. The van der Waals surface area contributed by atoms with Gasteiger partial charge in [-0.1, -0.05) is 17.7 Å². The molecular formula is C16H20BClF2O2. The first-order chi connectivity index (χ1) is 9.88. The minimum absolute atomic E-state index is 0.150. The minimum Gasteiger partial charge on any atom is -0.399 e. The Morgan fingerprint density at radius 2 is 1.50 bits per heavy atom. The van der Waals surface area contributed by atoms with Crippen molar-refractivity contribution in [3.63, 3.8) is 0 Å². The number of halogens is 3. The quantitative estimate of drug-likeness (QED) is 0.766. The van der Waals surface area contributed by atoms with Gasteiger partial charge in [0.25, 0.3) is 5.92 Å². The maximum atomic E-state index is 13.6. The van der Waals surface area contributed by atoms with Gasteiger partial charge in [-0.3, -0.25) is 0 Å². The molecule has 0 bridgehead atoms. The molecule has 1 atom stereocenters. The number of hydrogen-bond donors (Lipinski definition) is 0. The van der Waals surface area contributed by atoms with Crippen LogP contribution in [0.3, 0.4) is 0 Å². The van der Waals surface area contributed by atoms with Gasteiger partial charge < -0.3 is 9.31 Å². The number of hydrogen-bond acceptors (Lipinski definition) is 2. The van der Waals surface area contributed by atoms with E-state index < -0.39 is 29.7 Å². The highest BCUT2D eigenvalue weighted by atomic mass is 35.5. The van der Waals surface area contributed by atoms with Crippen molar-refractivity contribution in [3.8, 4) is 0 Å². The average Bonchev–Trinajstić information content (AvgIpc) is 2.77. The molecule has 120 valence electrons. The molecule has 22 heavy (non-hydrogen) atoms. The molecule has 3 rings (SSSR count). The van der Waals surface area contributed by atoms with E-state index in [2.05, 4.69) is 0 Å². The second-order valence-corrected chi connectivity index (χ2v) is 8.01. The second kappa shape index (κ2) is 4.46. The van der Waals surface area contributed by atoms with Crippen LogP contribution in [-0.2, 0) is 14.7 Å². The van der Waals surface area contributed by atoms with Crippen LogP contribution in [0.25, 0.3) is 0 Å². The molecule has 2 nitrogen and oxygen atoms in total. The fourth-order valence-corrected chi connectivity index (χ4v) is 3.00. The molecule has 2 fully saturated rings. The van der Waals surface area contributed by atoms with E-state index >= 15 is 0 Å². The van der Waals surface area contributed by atoms with Crippen LogP contribution in [0, 0.1) is 0 Å². The van der Waals surface area contributed by atoms with Crippen LogP contribution in [0.5, 0.6) is 0 Å². The number of benzene rings is 1. The zero-order chi connectivity index (χ0) is 16.6. The fourth-order valence-electron chi connectivity index (χ4n) is 2.76. The minimum atomic E-state index is -2.68. The Balaban J connectivity index is 1.96. The van der Waals surface area contributed by atoms with Crippen molar-refractivity contribution in [2.24, 2.45) is 0 Å². The predicted octanol–water partition coefficient (Wildman–Crippen LogP) is 3.94. The molecule has 0 spiro atoms. The van der Waals surface area contributed by atoms with E-state index in [0.717, 1.165) is 0 Å². The molecule has 1 saturated heterocycles. The Labute approximate surface area is 135 Å². The molecule has 1 aliphatic carbocycles. The van der Waals surface area contributed by atoms with Gasteiger partial charge in [-0.15, -0.1) is 0 Å². The van der Waals surface area contributed by atoms with Gasteiger partial charge in [-0.05, 0) is 57.8 Å². The van der Waals surface area contributed by atoms with Crippen molar-refractivity contribution in [3.05, 3.63) is 28.8 Å². The predicted molar refractivity (Wildman–Crippen MR) is 84.1 cm³/mol. The van der Waals surface area contributed by atoms with Gasteiger partial charge in [-0.25, -0.2) is 8.78 Å². The molecule has 6 heteroatoms. The first kappa shape index (κ1) is 16.2. The van der Waals surface area contributed by atoms with E-state index in [9.17, 15) is 8.78 Å². The van der Waals surface area contributed by atoms with Crippen LogP contribution in [0.1, 0.15) is 46.6 Å². The summed E-state index contributed by atoms with van der Waals surface area (Å²) in [6, 6.07) is 5.06. The van der Waals surface area contributed by atoms with Gasteiger partial charge in [0.15, 0.2) is 0 Å². The SMILES string of the molecule is CC1(C)OB(c2cc(Cl)cc(C3(C)CC3(F)F)c2)OC1(C)C. The van der Waals surface area contributed by atoms with Crippen molar-refractivity contribution in [2.45, 2.75) is 63.6 Å². The summed E-state index contributed by atoms with van der Waals surface area (Å²) in [6.45, 7) is 9.37. The normalized spacial score (nSPS) is 31.4. The molecule has 0 N–H and O–H groups in total. The third kappa shape index (κ3) is 2.29. The van der Waals surface area contributed by atoms with Gasteiger partial charge in [0, 0.05) is 11.4 Å². The third-order valence-corrected chi connectivity index (χ3v) is 5.56. The van der Waals surface area contributed by atoms with Crippen molar-refractivity contribution < 1.29 is 18.1 Å². The molecule has 1 saturated carbocycles. The average molecular weight is 329 g/mol. The van der Waals surface area contributed by atoms with Crippen LogP contribution < -0.4 is 5.46 Å². The van der Waals surface area contributed by atoms with Crippen LogP contribution in [0.15, 0.2) is 18.2 Å². The lowest BCUT2D eigenvalue weighted by atomic mass is 9.77. The summed E-state index contributed by atoms with van der Waals surface area (Å²) < 4.78 is 39.2. The number of rotatable bonds is 2. The lowest BCUT2D eigenvalue weighted by Crippen LogP contribution is -2.41. The molecule has 0 aromatic heterocycles. The summed E-state index contributed by atoms with van der Waals surface area (Å²) in [5.41, 5.74) is -0.878. The van der Waals surface area contributed by atoms with E-state index in [1.54, 1.807) is 25.1 Å². The van der Waals surface area contributed by atoms with Gasteiger partial charge in [0.2, 0.25) is 0 Å². The molecule has 0 amide bonds. The molecule has 1 aromatic rings. The Morgan fingerprint density at radius 1 is 1.00 bits per heavy atom. The summed E-state index contributed by atoms with van der Waals surface area (Å²) in [5, 5.41) is 0.422. The topological polar surface area (TPSA) is 18.5 Å². The molecule has 1 heterocycles. The molecule has 1 aliphatic heterocycles. The van der Waals surface area contributed by atoms with E-state index in [4.69, 9.17) is 20.9 Å². The van der Waals surface area contributed by atoms with Crippen molar-refractivity contribution >= 4 is 24.2 Å². The first-order valence-corrected chi connectivity index (χ1v) is 7.80. The monoisotopic (exact) mass is 328 g/mol. The van der Waals surface area contributed by atoms with Gasteiger partial charge in [0.05, 0.1) is 16.6 Å². The summed E-state index contributed by atoms with van der Waals surface area (Å²) in [7, 11) is -0.599. The molecule has 1 aromatic carbocycles. The molecular weight excluding hydrogens is 308 g/mol. The Kier molecular flexibility index (Phi) is 3.29. The van der Waals surface area contributed by atoms with Gasteiger partial charge in [-0.2, -0.15) is 0 Å². The van der Waals surface area contributed by atoms with E-state index in [0.29, 0.717) is 16.0 Å². The summed E-state index contributed by atoms with van der Waals surface area (Å²) in [5.74, 6) is -2.68. The maximum absolute atomic E-state index is 13.6. The van der Waals surface area contributed by atoms with E-state index in [-0.39, 0.29) is 6.42 Å². The Bertz CT molecular complexity index is 617. The standard InChI is InChI=1S/C16H20BClF2O2/c1-13(2)14(3,4)22-17(21-13)11-6-10(7-12(18)8-11)15(5)9-16(15,19)20/h6-8H,9H2,1-5H3. The maximum Gasteiger partial charge on any atom is 0.494 e. The van der Waals surface area contributed by atoms with Crippen LogP contribution in [0.2, 0.25) is 5.02 Å². The largest absolute Gasteiger partial charge is 0.494 e. The highest BCUT2D eigenvalue weighted by Crippen LogP contribution is 2.61.